The molecule has 18 rings (SSSR count). The zero-order valence-electron chi connectivity index (χ0n) is 60.9. The molecule has 12 heteroatoms. The molecule has 0 fully saturated rings. The van der Waals surface area contributed by atoms with Gasteiger partial charge in [0.25, 0.3) is 0 Å². The monoisotopic (exact) mass is 1470 g/mol. The fourth-order valence-electron chi connectivity index (χ4n) is 18.8. The van der Waals surface area contributed by atoms with E-state index in [1.165, 1.54) is 24.3 Å². The van der Waals surface area contributed by atoms with Crippen molar-refractivity contribution in [2.75, 3.05) is 9.80 Å². The van der Waals surface area contributed by atoms with Crippen molar-refractivity contribution in [3.63, 3.8) is 0 Å². The van der Waals surface area contributed by atoms with Crippen LogP contribution in [0.4, 0.5) is 69.2 Å². The maximum atomic E-state index is 17.4. The van der Waals surface area contributed by atoms with Crippen LogP contribution < -0.4 is 19.3 Å². The molecular weight excluding hydrogens is 1400 g/mol. The van der Waals surface area contributed by atoms with Gasteiger partial charge < -0.3 is 19.3 Å². The lowest BCUT2D eigenvalue weighted by molar-refractivity contribution is 0.349. The Labute approximate surface area is 638 Å². The van der Waals surface area contributed by atoms with Crippen LogP contribution in [0.1, 0.15) is 118 Å². The molecule has 2 atom stereocenters. The normalized spacial score (nSPS) is 17.6. The molecule has 14 aromatic rings. The number of fused-ring (bicyclic) bond motifs is 10. The number of anilines is 6. The van der Waals surface area contributed by atoms with Gasteiger partial charge in [-0.3, -0.25) is 0 Å². The number of nitrogens with zero attached hydrogens (tertiary/aromatic N) is 2. The van der Waals surface area contributed by atoms with E-state index >= 15 is 35.1 Å². The molecule has 0 heterocycles. The highest BCUT2D eigenvalue weighted by Crippen LogP contribution is 2.66. The maximum absolute atomic E-state index is 17.4. The molecule has 2 unspecified atom stereocenters. The van der Waals surface area contributed by atoms with E-state index in [2.05, 4.69) is 77.3 Å². The summed E-state index contributed by atoms with van der Waals surface area (Å²) in [5.74, 6) is -5.99. The number of rotatable bonds is 16. The molecule has 1 spiro atoms. The molecule has 0 aliphatic heterocycles. The molecule has 4 nitrogen and oxygen atoms in total. The first-order valence-corrected chi connectivity index (χ1v) is 36.8. The molecular formula is C99H70F8N2O2. The van der Waals surface area contributed by atoms with Crippen LogP contribution in [0.15, 0.2) is 304 Å². The summed E-state index contributed by atoms with van der Waals surface area (Å²) in [5, 5.41) is 0. The van der Waals surface area contributed by atoms with E-state index in [0.717, 1.165) is 57.6 Å². The van der Waals surface area contributed by atoms with Gasteiger partial charge in [0.1, 0.15) is 46.3 Å². The zero-order valence-corrected chi connectivity index (χ0v) is 60.9. The van der Waals surface area contributed by atoms with Crippen molar-refractivity contribution in [2.45, 2.75) is 67.6 Å². The summed E-state index contributed by atoms with van der Waals surface area (Å²) in [4.78, 5) is 4.04. The van der Waals surface area contributed by atoms with E-state index in [1.807, 2.05) is 131 Å². The predicted octanol–water partition coefficient (Wildman–Crippen LogP) is 27.0. The van der Waals surface area contributed by atoms with Gasteiger partial charge >= 0.3 is 0 Å². The molecule has 544 valence electrons. The van der Waals surface area contributed by atoms with Crippen LogP contribution in [0, 0.1) is 46.5 Å². The number of halogens is 8. The van der Waals surface area contributed by atoms with Crippen LogP contribution in [-0.2, 0) is 27.1 Å². The van der Waals surface area contributed by atoms with Gasteiger partial charge in [-0.05, 0) is 283 Å². The quantitative estimate of drug-likeness (QED) is 0.0711. The van der Waals surface area contributed by atoms with Gasteiger partial charge in [-0.15, -0.1) is 0 Å². The van der Waals surface area contributed by atoms with Crippen molar-refractivity contribution in [1.29, 1.82) is 0 Å². The highest BCUT2D eigenvalue weighted by atomic mass is 19.2. The molecule has 0 bridgehead atoms. The summed E-state index contributed by atoms with van der Waals surface area (Å²) in [6, 6.07) is 83.9. The lowest BCUT2D eigenvalue weighted by atomic mass is 9.67. The number of hydrogen-bond donors (Lipinski definition) is 0. The average molecular weight is 1470 g/mol. The van der Waals surface area contributed by atoms with Crippen molar-refractivity contribution in [3.8, 4) is 45.3 Å². The Morgan fingerprint density at radius 3 is 0.964 bits per heavy atom. The second-order valence-corrected chi connectivity index (χ2v) is 30.6. The Hall–Kier alpha value is -12.8. The first-order valence-electron chi connectivity index (χ1n) is 36.8. The van der Waals surface area contributed by atoms with Crippen LogP contribution >= 0.6 is 0 Å². The highest BCUT2D eigenvalue weighted by molar-refractivity contribution is 5.92. The minimum Gasteiger partial charge on any atom is -0.457 e. The van der Waals surface area contributed by atoms with Crippen molar-refractivity contribution < 1.29 is 44.6 Å². The van der Waals surface area contributed by atoms with Crippen molar-refractivity contribution in [1.82, 2.24) is 0 Å². The summed E-state index contributed by atoms with van der Waals surface area (Å²) in [7, 11) is 0. The van der Waals surface area contributed by atoms with E-state index in [9.17, 15) is 0 Å². The minimum absolute atomic E-state index is 0.433. The average Bonchev–Trinajstić information content (AvgIpc) is 1.55. The van der Waals surface area contributed by atoms with Crippen molar-refractivity contribution in [2.24, 2.45) is 0 Å². The summed E-state index contributed by atoms with van der Waals surface area (Å²) in [6.45, 7) is 16.7. The Kier molecular flexibility index (Phi) is 16.5. The van der Waals surface area contributed by atoms with Crippen molar-refractivity contribution >= 4 is 46.3 Å². The molecule has 0 amide bonds. The lowest BCUT2D eigenvalue weighted by Crippen LogP contribution is -2.32. The van der Waals surface area contributed by atoms with E-state index in [4.69, 9.17) is 9.47 Å². The van der Waals surface area contributed by atoms with Crippen LogP contribution in [0.25, 0.3) is 34.4 Å². The largest absolute Gasteiger partial charge is 0.457 e. The molecule has 0 aromatic heterocycles. The number of hydrogen-bond acceptors (Lipinski definition) is 4. The van der Waals surface area contributed by atoms with Gasteiger partial charge in [0.15, 0.2) is 23.3 Å². The first kappa shape index (κ1) is 69.9. The Bertz CT molecular complexity index is 5740. The summed E-state index contributed by atoms with van der Waals surface area (Å²) in [6.07, 6.45) is 4.79. The van der Waals surface area contributed by atoms with Gasteiger partial charge in [0.05, 0.1) is 10.8 Å². The molecule has 0 radical (unpaired) electrons. The second kappa shape index (κ2) is 26.2. The van der Waals surface area contributed by atoms with Gasteiger partial charge in [0.2, 0.25) is 0 Å². The summed E-state index contributed by atoms with van der Waals surface area (Å²) >= 11 is 0. The van der Waals surface area contributed by atoms with Gasteiger partial charge in [-0.25, -0.2) is 35.1 Å². The standard InChI is InChI=1S/C99H70F8N2O2/c1-7-59-17-37-71(38-18-59)110-73-41-21-61(22-42-73)98(91-87(102)49-51-89(104)93(91)106)79-15-11-9-13-75(79)77-45-33-67(53-83(77)98)108(65-29-25-63(100)26-30-65)69-35-47-81-85(55-69)97(57-95(81,3)4)58-96(5,6)82-48-36-70(56-86(82)97)109(66-31-27-64(101)28-32-66)68-34-46-78-76-14-10-12-16-80(76)99(84(78)54-68,92-88(103)50-52-90(105)94(92)107)62-23-43-74(44-24-62)111-72-39-19-60(8-2)20-40-72/h7-56H,1-2,57-58H2,3-6H3. The smallest absolute Gasteiger partial charge is 0.166 e. The molecule has 4 aliphatic carbocycles. The van der Waals surface area contributed by atoms with Gasteiger partial charge in [-0.2, -0.15) is 0 Å². The third kappa shape index (κ3) is 11.0. The van der Waals surface area contributed by atoms with Gasteiger partial charge in [0, 0.05) is 50.7 Å². The van der Waals surface area contributed by atoms with Crippen molar-refractivity contribution in [3.05, 3.63) is 429 Å². The van der Waals surface area contributed by atoms with E-state index in [0.29, 0.717) is 126 Å². The highest BCUT2D eigenvalue weighted by Gasteiger charge is 2.58. The summed E-state index contributed by atoms with van der Waals surface area (Å²) < 4.78 is 146. The van der Waals surface area contributed by atoms with Crippen LogP contribution in [0.5, 0.6) is 23.0 Å². The third-order valence-electron chi connectivity index (χ3n) is 23.4. The fraction of sp³-hybridized carbons (Fsp3) is 0.111. The van der Waals surface area contributed by atoms with E-state index in [-0.39, 0.29) is 0 Å². The Morgan fingerprint density at radius 2 is 0.604 bits per heavy atom. The summed E-state index contributed by atoms with van der Waals surface area (Å²) in [5.41, 5.74) is 9.04. The van der Waals surface area contributed by atoms with Gasteiger partial charge in [-0.1, -0.05) is 174 Å². The molecule has 0 N–H and O–H groups in total. The first-order chi connectivity index (χ1) is 53.6. The maximum Gasteiger partial charge on any atom is 0.166 e. The predicted molar refractivity (Wildman–Crippen MR) is 426 cm³/mol. The van der Waals surface area contributed by atoms with Crippen LogP contribution in [0.3, 0.4) is 0 Å². The fourth-order valence-corrected chi connectivity index (χ4v) is 18.8. The Morgan fingerprint density at radius 1 is 0.297 bits per heavy atom. The SMILES string of the molecule is C=Cc1ccc(Oc2ccc(C3(c4c(F)ccc(F)c4F)c4ccccc4-c4ccc(N(c5ccc(F)cc5)c5ccc6c(c5)C5(CC6(C)C)CC(C)(C)c6ccc(N(c7ccc(F)cc7)c7ccc8c(c7)C(c7ccc(Oc9ccc(C=C)cc9)cc7)(c7c(F)ccc(F)c7F)c7ccccc7-8)cc65)cc43)cc2)cc1. The molecule has 0 saturated carbocycles. The number of benzene rings is 14. The second-order valence-electron chi connectivity index (χ2n) is 30.6. The molecule has 0 saturated heterocycles. The van der Waals surface area contributed by atoms with E-state index in [1.54, 1.807) is 97.1 Å². The van der Waals surface area contributed by atoms with Crippen LogP contribution in [0.2, 0.25) is 0 Å². The number of ether oxygens (including phenoxy) is 2. The lowest BCUT2D eigenvalue weighted by Gasteiger charge is -2.35. The molecule has 4 aliphatic rings. The molecule has 14 aromatic carbocycles. The van der Waals surface area contributed by atoms with Crippen LogP contribution in [-0.4, -0.2) is 0 Å². The molecule has 111 heavy (non-hydrogen) atoms. The topological polar surface area (TPSA) is 24.9 Å². The third-order valence-corrected chi connectivity index (χ3v) is 23.4. The minimum atomic E-state index is -1.81. The zero-order chi connectivity index (χ0) is 76.6. The Balaban J connectivity index is 0.801. The van der Waals surface area contributed by atoms with E-state index < -0.39 is 84.7 Å².